The van der Waals surface area contributed by atoms with Crippen LogP contribution >= 0.6 is 24.0 Å². The summed E-state index contributed by atoms with van der Waals surface area (Å²) in [5.74, 6) is 0.273. The molecule has 3 rings (SSSR count). The third kappa shape index (κ3) is 2.71. The highest BCUT2D eigenvalue weighted by Crippen LogP contribution is 2.28. The van der Waals surface area contributed by atoms with Crippen molar-refractivity contribution in [3.63, 3.8) is 0 Å². The van der Waals surface area contributed by atoms with Gasteiger partial charge in [-0.3, -0.25) is 4.79 Å². The van der Waals surface area contributed by atoms with Gasteiger partial charge in [-0.15, -0.1) is 12.4 Å². The zero-order valence-corrected chi connectivity index (χ0v) is 11.8. The van der Waals surface area contributed by atoms with Crippen LogP contribution in [0.1, 0.15) is 10.4 Å². The number of fused-ring (bicyclic) bond motifs is 1. The Bertz CT molecular complexity index is 486. The molecule has 0 aliphatic carbocycles. The van der Waals surface area contributed by atoms with Crippen LogP contribution in [0.4, 0.5) is 4.39 Å². The molecule has 1 aromatic carbocycles. The van der Waals surface area contributed by atoms with E-state index in [1.54, 1.807) is 11.0 Å². The van der Waals surface area contributed by atoms with E-state index in [-0.39, 0.29) is 23.9 Å². The van der Waals surface area contributed by atoms with E-state index in [1.807, 2.05) is 0 Å². The Morgan fingerprint density at radius 2 is 1.95 bits per heavy atom. The Labute approximate surface area is 122 Å². The second-order valence-electron chi connectivity index (χ2n) is 5.01. The Balaban J connectivity index is 0.00000133. The molecule has 104 valence electrons. The van der Waals surface area contributed by atoms with Crippen LogP contribution in [0, 0.1) is 17.7 Å². The largest absolute Gasteiger partial charge is 0.338 e. The molecule has 0 saturated carbocycles. The van der Waals surface area contributed by atoms with E-state index in [0.29, 0.717) is 16.9 Å². The number of nitrogens with one attached hydrogen (secondary N) is 1. The lowest BCUT2D eigenvalue weighted by Gasteiger charge is -2.17. The lowest BCUT2D eigenvalue weighted by molar-refractivity contribution is 0.0777. The van der Waals surface area contributed by atoms with Crippen LogP contribution in [-0.2, 0) is 0 Å². The SMILES string of the molecule is Cl.O=C(c1ccc(Cl)cc1F)N1C[C@H]2CNC[C@H]2C1. The molecule has 2 atom stereocenters. The fourth-order valence-electron chi connectivity index (χ4n) is 2.85. The summed E-state index contributed by atoms with van der Waals surface area (Å²) < 4.78 is 13.7. The summed E-state index contributed by atoms with van der Waals surface area (Å²) in [7, 11) is 0. The number of nitrogens with zero attached hydrogens (tertiary/aromatic N) is 1. The van der Waals surface area contributed by atoms with E-state index >= 15 is 0 Å². The molecular weight excluding hydrogens is 290 g/mol. The summed E-state index contributed by atoms with van der Waals surface area (Å²) in [6.45, 7) is 3.35. The molecule has 2 heterocycles. The molecule has 0 aromatic heterocycles. The van der Waals surface area contributed by atoms with Crippen molar-refractivity contribution in [2.45, 2.75) is 0 Å². The predicted octanol–water partition coefficient (Wildman–Crippen LogP) is 2.19. The quantitative estimate of drug-likeness (QED) is 0.862. The highest BCUT2D eigenvalue weighted by atomic mass is 35.5. The molecule has 6 heteroatoms. The van der Waals surface area contributed by atoms with Crippen molar-refractivity contribution in [3.8, 4) is 0 Å². The van der Waals surface area contributed by atoms with E-state index in [2.05, 4.69) is 5.32 Å². The average molecular weight is 305 g/mol. The van der Waals surface area contributed by atoms with Crippen LogP contribution < -0.4 is 5.32 Å². The summed E-state index contributed by atoms with van der Waals surface area (Å²) >= 11 is 5.69. The molecule has 0 radical (unpaired) electrons. The van der Waals surface area contributed by atoms with Gasteiger partial charge in [0.05, 0.1) is 5.56 Å². The van der Waals surface area contributed by atoms with Crippen molar-refractivity contribution >= 4 is 29.9 Å². The zero-order chi connectivity index (χ0) is 12.7. The van der Waals surface area contributed by atoms with Gasteiger partial charge in [-0.1, -0.05) is 11.6 Å². The standard InChI is InChI=1S/C13H14ClFN2O.ClH/c14-10-1-2-11(12(15)3-10)13(18)17-6-8-4-16-5-9(8)7-17;/h1-3,8-9,16H,4-7H2;1H/t8-,9+;. The summed E-state index contributed by atoms with van der Waals surface area (Å²) in [6, 6.07) is 4.20. The summed E-state index contributed by atoms with van der Waals surface area (Å²) in [6.07, 6.45) is 0. The normalized spacial score (nSPS) is 25.1. The molecule has 19 heavy (non-hydrogen) atoms. The highest BCUT2D eigenvalue weighted by molar-refractivity contribution is 6.30. The fourth-order valence-corrected chi connectivity index (χ4v) is 3.01. The molecule has 1 aromatic rings. The first kappa shape index (κ1) is 14.6. The van der Waals surface area contributed by atoms with E-state index < -0.39 is 5.82 Å². The lowest BCUT2D eigenvalue weighted by Crippen LogP contribution is -2.32. The average Bonchev–Trinajstić information content (AvgIpc) is 2.87. The molecule has 2 saturated heterocycles. The molecule has 0 bridgehead atoms. The van der Waals surface area contributed by atoms with Crippen LogP contribution in [0.25, 0.3) is 0 Å². The molecule has 0 spiro atoms. The van der Waals surface area contributed by atoms with Gasteiger partial charge in [-0.2, -0.15) is 0 Å². The van der Waals surface area contributed by atoms with Crippen molar-refractivity contribution in [3.05, 3.63) is 34.6 Å². The third-order valence-corrected chi connectivity index (χ3v) is 4.07. The monoisotopic (exact) mass is 304 g/mol. The Kier molecular flexibility index (Phi) is 4.33. The van der Waals surface area contributed by atoms with E-state index in [4.69, 9.17) is 11.6 Å². The van der Waals surface area contributed by atoms with Crippen molar-refractivity contribution in [1.29, 1.82) is 0 Å². The molecule has 1 amide bonds. The maximum Gasteiger partial charge on any atom is 0.256 e. The first-order chi connectivity index (χ1) is 8.65. The van der Waals surface area contributed by atoms with Gasteiger partial charge in [0.25, 0.3) is 5.91 Å². The fraction of sp³-hybridized carbons (Fsp3) is 0.462. The van der Waals surface area contributed by atoms with Crippen LogP contribution in [0.5, 0.6) is 0 Å². The third-order valence-electron chi connectivity index (χ3n) is 3.84. The first-order valence-electron chi connectivity index (χ1n) is 6.10. The molecule has 0 unspecified atom stereocenters. The second kappa shape index (κ2) is 5.65. The summed E-state index contributed by atoms with van der Waals surface area (Å²) in [4.78, 5) is 14.0. The van der Waals surface area contributed by atoms with E-state index in [1.165, 1.54) is 12.1 Å². The number of hydrogen-bond donors (Lipinski definition) is 1. The number of benzene rings is 1. The van der Waals surface area contributed by atoms with Crippen molar-refractivity contribution in [2.24, 2.45) is 11.8 Å². The van der Waals surface area contributed by atoms with Gasteiger partial charge in [0.15, 0.2) is 0 Å². The first-order valence-corrected chi connectivity index (χ1v) is 6.48. The number of rotatable bonds is 1. The maximum absolute atomic E-state index is 13.7. The Morgan fingerprint density at radius 1 is 1.32 bits per heavy atom. The Hall–Kier alpha value is -0.840. The van der Waals surface area contributed by atoms with Crippen molar-refractivity contribution in [2.75, 3.05) is 26.2 Å². The van der Waals surface area contributed by atoms with Crippen LogP contribution in [0.15, 0.2) is 18.2 Å². The molecule has 2 aliphatic rings. The molecule has 2 fully saturated rings. The van der Waals surface area contributed by atoms with Gasteiger partial charge in [0.1, 0.15) is 5.82 Å². The minimum atomic E-state index is -0.539. The van der Waals surface area contributed by atoms with E-state index in [0.717, 1.165) is 26.2 Å². The highest BCUT2D eigenvalue weighted by Gasteiger charge is 2.38. The number of hydrogen-bond acceptors (Lipinski definition) is 2. The smallest absolute Gasteiger partial charge is 0.256 e. The topological polar surface area (TPSA) is 32.3 Å². The van der Waals surface area contributed by atoms with Gasteiger partial charge in [0.2, 0.25) is 0 Å². The van der Waals surface area contributed by atoms with Gasteiger partial charge in [-0.25, -0.2) is 4.39 Å². The maximum atomic E-state index is 13.7. The summed E-state index contributed by atoms with van der Waals surface area (Å²) in [5.41, 5.74) is 0.118. The Morgan fingerprint density at radius 3 is 2.53 bits per heavy atom. The van der Waals surface area contributed by atoms with Gasteiger partial charge < -0.3 is 10.2 Å². The van der Waals surface area contributed by atoms with Crippen LogP contribution in [-0.4, -0.2) is 37.0 Å². The molecule has 1 N–H and O–H groups in total. The van der Waals surface area contributed by atoms with E-state index in [9.17, 15) is 9.18 Å². The van der Waals surface area contributed by atoms with Crippen LogP contribution in [0.2, 0.25) is 5.02 Å². The van der Waals surface area contributed by atoms with Crippen LogP contribution in [0.3, 0.4) is 0 Å². The molecular formula is C13H15Cl2FN2O. The number of amides is 1. The number of halogens is 3. The van der Waals surface area contributed by atoms with Gasteiger partial charge >= 0.3 is 0 Å². The van der Waals surface area contributed by atoms with Gasteiger partial charge in [0, 0.05) is 31.2 Å². The number of carbonyl (C=O) groups excluding carboxylic acids is 1. The molecule has 3 nitrogen and oxygen atoms in total. The van der Waals surface area contributed by atoms with Crippen molar-refractivity contribution < 1.29 is 9.18 Å². The number of carbonyl (C=O) groups is 1. The number of likely N-dealkylation sites (tertiary alicyclic amines) is 1. The predicted molar refractivity (Wildman–Crippen MR) is 74.4 cm³/mol. The molecule has 2 aliphatic heterocycles. The summed E-state index contributed by atoms with van der Waals surface area (Å²) in [5, 5.41) is 3.62. The zero-order valence-electron chi connectivity index (χ0n) is 10.2. The van der Waals surface area contributed by atoms with Crippen molar-refractivity contribution in [1.82, 2.24) is 10.2 Å². The second-order valence-corrected chi connectivity index (χ2v) is 5.45. The lowest BCUT2D eigenvalue weighted by atomic mass is 10.0. The van der Waals surface area contributed by atoms with Gasteiger partial charge in [-0.05, 0) is 30.0 Å². The minimum absolute atomic E-state index is 0. The minimum Gasteiger partial charge on any atom is -0.338 e.